The van der Waals surface area contributed by atoms with E-state index in [9.17, 15) is 9.90 Å². The summed E-state index contributed by atoms with van der Waals surface area (Å²) in [5.41, 5.74) is 4.70. The van der Waals surface area contributed by atoms with E-state index >= 15 is 0 Å². The fourth-order valence-corrected chi connectivity index (χ4v) is 2.56. The molecule has 0 amide bonds. The second kappa shape index (κ2) is 8.39. The highest BCUT2D eigenvalue weighted by atomic mass is 35.5. The molecule has 2 rings (SSSR count). The molecule has 0 aliphatic carbocycles. The van der Waals surface area contributed by atoms with Crippen LogP contribution < -0.4 is 10.3 Å². The van der Waals surface area contributed by atoms with Crippen molar-refractivity contribution in [3.8, 4) is 5.75 Å². The summed E-state index contributed by atoms with van der Waals surface area (Å²) in [7, 11) is 0. The number of nitrogens with zero attached hydrogens (tertiary/aromatic N) is 2. The van der Waals surface area contributed by atoms with Gasteiger partial charge in [0.2, 0.25) is 0 Å². The van der Waals surface area contributed by atoms with Crippen LogP contribution in [0.15, 0.2) is 41.5 Å². The number of hydrogen-bond acceptors (Lipinski definition) is 5. The Morgan fingerprint density at radius 1 is 1.24 bits per heavy atom. The summed E-state index contributed by atoms with van der Waals surface area (Å²) < 4.78 is 0. The molecule has 132 valence electrons. The highest BCUT2D eigenvalue weighted by Crippen LogP contribution is 2.24. The first-order valence-electron chi connectivity index (χ1n) is 7.86. The van der Waals surface area contributed by atoms with Gasteiger partial charge in [-0.3, -0.25) is 5.43 Å². The van der Waals surface area contributed by atoms with Crippen LogP contribution in [0.4, 0.5) is 11.4 Å². The van der Waals surface area contributed by atoms with Gasteiger partial charge < -0.3 is 15.1 Å². The lowest BCUT2D eigenvalue weighted by Crippen LogP contribution is -2.21. The summed E-state index contributed by atoms with van der Waals surface area (Å²) in [6.45, 7) is 5.81. The molecule has 0 aromatic heterocycles. The lowest BCUT2D eigenvalue weighted by Gasteiger charge is -2.21. The minimum atomic E-state index is -1.11. The minimum absolute atomic E-state index is 0.00621. The number of hydrazone groups is 1. The second-order valence-corrected chi connectivity index (χ2v) is 5.69. The molecule has 0 heterocycles. The number of carbonyl (C=O) groups is 1. The van der Waals surface area contributed by atoms with E-state index in [-0.39, 0.29) is 16.3 Å². The van der Waals surface area contributed by atoms with E-state index in [0.29, 0.717) is 11.3 Å². The highest BCUT2D eigenvalue weighted by molar-refractivity contribution is 6.33. The van der Waals surface area contributed by atoms with Gasteiger partial charge in [-0.25, -0.2) is 4.79 Å². The number of hydrogen-bond donors (Lipinski definition) is 3. The van der Waals surface area contributed by atoms with Crippen molar-refractivity contribution in [1.29, 1.82) is 0 Å². The van der Waals surface area contributed by atoms with Gasteiger partial charge in [0, 0.05) is 30.4 Å². The molecule has 0 fully saturated rings. The quantitative estimate of drug-likeness (QED) is 0.512. The molecule has 25 heavy (non-hydrogen) atoms. The molecule has 0 saturated heterocycles. The van der Waals surface area contributed by atoms with Crippen molar-refractivity contribution in [2.45, 2.75) is 13.8 Å². The van der Waals surface area contributed by atoms with Crippen LogP contribution in [-0.2, 0) is 0 Å². The monoisotopic (exact) mass is 361 g/mol. The Balaban J connectivity index is 2.12. The molecule has 3 N–H and O–H groups in total. The lowest BCUT2D eigenvalue weighted by molar-refractivity contribution is 0.0697. The van der Waals surface area contributed by atoms with Crippen LogP contribution in [0.3, 0.4) is 0 Å². The van der Waals surface area contributed by atoms with E-state index in [1.54, 1.807) is 18.2 Å². The molecule has 0 spiro atoms. The molecular weight excluding hydrogens is 342 g/mol. The smallest absolute Gasteiger partial charge is 0.337 e. The number of carboxylic acids is 1. The number of rotatable bonds is 7. The first kappa shape index (κ1) is 18.6. The molecule has 0 aliphatic rings. The number of halogens is 1. The van der Waals surface area contributed by atoms with Crippen molar-refractivity contribution < 1.29 is 15.0 Å². The van der Waals surface area contributed by atoms with Gasteiger partial charge in [-0.15, -0.1) is 0 Å². The molecule has 0 radical (unpaired) electrons. The van der Waals surface area contributed by atoms with Crippen LogP contribution in [0, 0.1) is 0 Å². The predicted octanol–water partition coefficient (Wildman–Crippen LogP) is 4.04. The summed E-state index contributed by atoms with van der Waals surface area (Å²) >= 11 is 5.82. The Bertz CT molecular complexity index is 789. The average Bonchev–Trinajstić information content (AvgIpc) is 2.59. The Labute approximate surface area is 151 Å². The standard InChI is InChI=1S/C18H20ClN3O3/c1-3-22(4-2)14-7-5-12(17(23)10-14)11-20-21-13-6-8-16(19)15(9-13)18(24)25/h5-11,21,23H,3-4H2,1-2H3,(H,24,25)/b20-11+. The zero-order chi connectivity index (χ0) is 18.4. The number of carboxylic acid groups (broad SMARTS) is 1. The van der Waals surface area contributed by atoms with E-state index in [1.807, 2.05) is 6.07 Å². The van der Waals surface area contributed by atoms with Crippen molar-refractivity contribution in [2.24, 2.45) is 5.10 Å². The third-order valence-corrected chi connectivity index (χ3v) is 4.07. The maximum atomic E-state index is 11.1. The number of benzene rings is 2. The minimum Gasteiger partial charge on any atom is -0.507 e. The second-order valence-electron chi connectivity index (χ2n) is 5.29. The third kappa shape index (κ3) is 4.64. The van der Waals surface area contributed by atoms with E-state index in [0.717, 1.165) is 18.8 Å². The predicted molar refractivity (Wildman–Crippen MR) is 101 cm³/mol. The van der Waals surface area contributed by atoms with Crippen LogP contribution >= 0.6 is 11.6 Å². The number of aromatic hydroxyl groups is 1. The topological polar surface area (TPSA) is 85.2 Å². The van der Waals surface area contributed by atoms with Crippen molar-refractivity contribution in [3.63, 3.8) is 0 Å². The van der Waals surface area contributed by atoms with Crippen LogP contribution in [-0.4, -0.2) is 35.5 Å². The van der Waals surface area contributed by atoms with Gasteiger partial charge >= 0.3 is 5.97 Å². The Morgan fingerprint density at radius 2 is 1.96 bits per heavy atom. The largest absolute Gasteiger partial charge is 0.507 e. The maximum absolute atomic E-state index is 11.1. The molecule has 0 atom stereocenters. The van der Waals surface area contributed by atoms with Crippen LogP contribution in [0.5, 0.6) is 5.75 Å². The van der Waals surface area contributed by atoms with Gasteiger partial charge in [-0.1, -0.05) is 11.6 Å². The molecule has 7 heteroatoms. The summed E-state index contributed by atoms with van der Waals surface area (Å²) in [5, 5.41) is 23.4. The zero-order valence-corrected chi connectivity index (χ0v) is 14.8. The first-order valence-corrected chi connectivity index (χ1v) is 8.24. The normalized spacial score (nSPS) is 10.8. The van der Waals surface area contributed by atoms with Crippen LogP contribution in [0.2, 0.25) is 5.02 Å². The molecule has 0 saturated carbocycles. The van der Waals surface area contributed by atoms with E-state index in [1.165, 1.54) is 18.3 Å². The summed E-state index contributed by atoms with van der Waals surface area (Å²) in [4.78, 5) is 13.2. The third-order valence-electron chi connectivity index (χ3n) is 3.74. The zero-order valence-electron chi connectivity index (χ0n) is 14.0. The molecule has 0 bridgehead atoms. The Morgan fingerprint density at radius 3 is 2.56 bits per heavy atom. The molecule has 0 aliphatic heterocycles. The molecular formula is C18H20ClN3O3. The summed E-state index contributed by atoms with van der Waals surface area (Å²) in [6, 6.07) is 9.89. The number of aromatic carboxylic acids is 1. The Hall–Kier alpha value is -2.73. The maximum Gasteiger partial charge on any atom is 0.337 e. The number of nitrogens with one attached hydrogen (secondary N) is 1. The van der Waals surface area contributed by atoms with Gasteiger partial charge in [0.25, 0.3) is 0 Å². The molecule has 2 aromatic rings. The van der Waals surface area contributed by atoms with Crippen molar-refractivity contribution >= 4 is 35.2 Å². The first-order chi connectivity index (χ1) is 12.0. The fraction of sp³-hybridized carbons (Fsp3) is 0.222. The van der Waals surface area contributed by atoms with Crippen LogP contribution in [0.25, 0.3) is 0 Å². The summed E-state index contributed by atoms with van der Waals surface area (Å²) in [5.74, 6) is -0.987. The van der Waals surface area contributed by atoms with Crippen molar-refractivity contribution in [1.82, 2.24) is 0 Å². The van der Waals surface area contributed by atoms with Gasteiger partial charge in [-0.05, 0) is 44.2 Å². The average molecular weight is 362 g/mol. The van der Waals surface area contributed by atoms with Gasteiger partial charge in [0.15, 0.2) is 0 Å². The lowest BCUT2D eigenvalue weighted by atomic mass is 10.2. The van der Waals surface area contributed by atoms with E-state index in [2.05, 4.69) is 29.3 Å². The SMILES string of the molecule is CCN(CC)c1ccc(/C=N/Nc2ccc(Cl)c(C(=O)O)c2)c(O)c1. The van der Waals surface area contributed by atoms with Crippen molar-refractivity contribution in [2.75, 3.05) is 23.4 Å². The Kier molecular flexibility index (Phi) is 6.25. The fourth-order valence-electron chi connectivity index (χ4n) is 2.36. The highest BCUT2D eigenvalue weighted by Gasteiger charge is 2.09. The van der Waals surface area contributed by atoms with Gasteiger partial charge in [0.05, 0.1) is 22.5 Å². The van der Waals surface area contributed by atoms with E-state index in [4.69, 9.17) is 16.7 Å². The van der Waals surface area contributed by atoms with Crippen LogP contribution in [0.1, 0.15) is 29.8 Å². The molecule has 0 unspecified atom stereocenters. The van der Waals surface area contributed by atoms with Crippen molar-refractivity contribution in [3.05, 3.63) is 52.5 Å². The number of phenolic OH excluding ortho intramolecular Hbond substituents is 1. The molecule has 2 aromatic carbocycles. The molecule has 6 nitrogen and oxygen atoms in total. The number of phenols is 1. The number of anilines is 2. The van der Waals surface area contributed by atoms with Gasteiger partial charge in [0.1, 0.15) is 5.75 Å². The van der Waals surface area contributed by atoms with E-state index < -0.39 is 5.97 Å². The summed E-state index contributed by atoms with van der Waals surface area (Å²) in [6.07, 6.45) is 1.47. The van der Waals surface area contributed by atoms with Gasteiger partial charge in [-0.2, -0.15) is 5.10 Å².